The molecule has 0 amide bonds. The summed E-state index contributed by atoms with van der Waals surface area (Å²) >= 11 is 0. The van der Waals surface area contributed by atoms with E-state index in [9.17, 15) is 10.1 Å². The Hall–Kier alpha value is -4.43. The number of aromatic nitrogens is 3. The van der Waals surface area contributed by atoms with Crippen molar-refractivity contribution in [1.29, 1.82) is 5.26 Å². The maximum absolute atomic E-state index is 13.7. The largest absolute Gasteiger partial charge is 0.319 e. The van der Waals surface area contributed by atoms with Crippen molar-refractivity contribution in [2.24, 2.45) is 0 Å². The summed E-state index contributed by atoms with van der Waals surface area (Å²) in [6.07, 6.45) is 5.95. The lowest BCUT2D eigenvalue weighted by atomic mass is 9.99. The number of hydrogen-bond acceptors (Lipinski definition) is 3. The van der Waals surface area contributed by atoms with E-state index in [0.717, 1.165) is 65.0 Å². The number of nitrogens with zero attached hydrogens (tertiary/aromatic N) is 4. The number of fused-ring (bicyclic) bond motifs is 1. The zero-order valence-electron chi connectivity index (χ0n) is 21.3. The lowest BCUT2D eigenvalue weighted by Crippen LogP contribution is -2.21. The Morgan fingerprint density at radius 2 is 1.68 bits per heavy atom. The van der Waals surface area contributed by atoms with Gasteiger partial charge in [0.05, 0.1) is 17.1 Å². The van der Waals surface area contributed by atoms with Gasteiger partial charge in [0.1, 0.15) is 11.3 Å². The number of rotatable bonds is 8. The van der Waals surface area contributed by atoms with Gasteiger partial charge in [0, 0.05) is 24.8 Å². The number of imidazole rings is 1. The van der Waals surface area contributed by atoms with Gasteiger partial charge >= 0.3 is 0 Å². The monoisotopic (exact) mass is 486 g/mol. The van der Waals surface area contributed by atoms with E-state index < -0.39 is 0 Å². The van der Waals surface area contributed by atoms with Gasteiger partial charge < -0.3 is 4.57 Å². The van der Waals surface area contributed by atoms with E-state index in [1.54, 1.807) is 4.57 Å². The Kier molecular flexibility index (Phi) is 7.00. The molecule has 2 aromatic heterocycles. The van der Waals surface area contributed by atoms with Crippen LogP contribution in [-0.2, 0) is 13.0 Å². The van der Waals surface area contributed by atoms with Crippen LogP contribution < -0.4 is 5.56 Å². The summed E-state index contributed by atoms with van der Waals surface area (Å²) in [5.41, 5.74) is 6.97. The molecule has 2 heterocycles. The smallest absolute Gasteiger partial charge is 0.281 e. The predicted molar refractivity (Wildman–Crippen MR) is 149 cm³/mol. The van der Waals surface area contributed by atoms with Crippen LogP contribution in [-0.4, -0.2) is 14.1 Å². The summed E-state index contributed by atoms with van der Waals surface area (Å²) in [6, 6.07) is 28.1. The fourth-order valence-corrected chi connectivity index (χ4v) is 4.80. The SMILES string of the molecule is CCCCCc1nc2ccn(-c3ccc(C)cc3)c(=O)c2n1Cc1ccc(-c2ccccc2C#N)cc1. The highest BCUT2D eigenvalue weighted by atomic mass is 16.1. The van der Waals surface area contributed by atoms with Crippen LogP contribution >= 0.6 is 0 Å². The second-order valence-electron chi connectivity index (χ2n) is 9.49. The molecular formula is C32H30N4O. The molecule has 0 unspecified atom stereocenters. The molecule has 0 N–H and O–H groups in total. The van der Waals surface area contributed by atoms with Crippen LogP contribution in [0.3, 0.4) is 0 Å². The fraction of sp³-hybridized carbons (Fsp3) is 0.219. The quantitative estimate of drug-likeness (QED) is 0.226. The van der Waals surface area contributed by atoms with Crippen LogP contribution in [0, 0.1) is 18.3 Å². The topological polar surface area (TPSA) is 63.6 Å². The molecule has 0 aliphatic rings. The lowest BCUT2D eigenvalue weighted by Gasteiger charge is -2.12. The van der Waals surface area contributed by atoms with Crippen molar-refractivity contribution >= 4 is 11.0 Å². The minimum atomic E-state index is -0.0600. The Bertz CT molecular complexity index is 1630. The van der Waals surface area contributed by atoms with E-state index in [0.29, 0.717) is 17.6 Å². The summed E-state index contributed by atoms with van der Waals surface area (Å²) in [6.45, 7) is 4.79. The average molecular weight is 487 g/mol. The summed E-state index contributed by atoms with van der Waals surface area (Å²) in [7, 11) is 0. The summed E-state index contributed by atoms with van der Waals surface area (Å²) < 4.78 is 3.80. The number of benzene rings is 3. The second-order valence-corrected chi connectivity index (χ2v) is 9.49. The van der Waals surface area contributed by atoms with Gasteiger partial charge in [0.15, 0.2) is 0 Å². The molecule has 37 heavy (non-hydrogen) atoms. The van der Waals surface area contributed by atoms with Crippen LogP contribution in [0.4, 0.5) is 0 Å². The molecule has 0 bridgehead atoms. The molecule has 0 saturated heterocycles. The number of pyridine rings is 1. The summed E-state index contributed by atoms with van der Waals surface area (Å²) in [5.74, 6) is 0.945. The van der Waals surface area contributed by atoms with Crippen LogP contribution in [0.15, 0.2) is 89.9 Å². The number of aryl methyl sites for hydroxylation is 2. The van der Waals surface area contributed by atoms with Gasteiger partial charge in [0.2, 0.25) is 0 Å². The Morgan fingerprint density at radius 3 is 2.41 bits per heavy atom. The van der Waals surface area contributed by atoms with Gasteiger partial charge in [-0.25, -0.2) is 4.98 Å². The Balaban J connectivity index is 1.56. The molecule has 0 aliphatic heterocycles. The van der Waals surface area contributed by atoms with E-state index in [2.05, 4.69) is 29.7 Å². The predicted octanol–water partition coefficient (Wildman–Crippen LogP) is 6.82. The van der Waals surface area contributed by atoms with Gasteiger partial charge in [-0.2, -0.15) is 5.26 Å². The first-order valence-corrected chi connectivity index (χ1v) is 12.9. The zero-order valence-corrected chi connectivity index (χ0v) is 21.3. The van der Waals surface area contributed by atoms with E-state index in [1.807, 2.05) is 79.9 Å². The van der Waals surface area contributed by atoms with Crippen LogP contribution in [0.25, 0.3) is 27.8 Å². The third-order valence-corrected chi connectivity index (χ3v) is 6.85. The van der Waals surface area contributed by atoms with Crippen molar-refractivity contribution in [2.45, 2.75) is 46.1 Å². The van der Waals surface area contributed by atoms with Crippen LogP contribution in [0.2, 0.25) is 0 Å². The molecule has 3 aromatic carbocycles. The maximum Gasteiger partial charge on any atom is 0.281 e. The van der Waals surface area contributed by atoms with E-state index >= 15 is 0 Å². The normalized spacial score (nSPS) is 11.1. The maximum atomic E-state index is 13.7. The molecule has 184 valence electrons. The molecule has 5 nitrogen and oxygen atoms in total. The molecule has 5 aromatic rings. The molecule has 0 spiro atoms. The standard InChI is InChI=1S/C32H30N4O/c1-3-4-5-10-30-34-29-19-20-35(27-17-11-23(2)12-18-27)32(37)31(29)36(30)22-24-13-15-25(16-14-24)28-9-7-6-8-26(28)21-33/h6-9,11-20H,3-5,10,22H2,1-2H3. The van der Waals surface area contributed by atoms with Gasteiger partial charge in [-0.15, -0.1) is 0 Å². The third kappa shape index (κ3) is 4.96. The van der Waals surface area contributed by atoms with Crippen molar-refractivity contribution in [3.8, 4) is 22.9 Å². The minimum Gasteiger partial charge on any atom is -0.319 e. The molecule has 0 saturated carbocycles. The molecule has 0 atom stereocenters. The third-order valence-electron chi connectivity index (χ3n) is 6.85. The van der Waals surface area contributed by atoms with Crippen molar-refractivity contribution in [2.75, 3.05) is 0 Å². The van der Waals surface area contributed by atoms with Gasteiger partial charge in [-0.1, -0.05) is 79.9 Å². The first-order chi connectivity index (χ1) is 18.1. The molecule has 0 aliphatic carbocycles. The van der Waals surface area contributed by atoms with Gasteiger partial charge in [-0.3, -0.25) is 9.36 Å². The van der Waals surface area contributed by atoms with Crippen LogP contribution in [0.1, 0.15) is 48.7 Å². The number of hydrogen-bond donors (Lipinski definition) is 0. The van der Waals surface area contributed by atoms with Crippen molar-refractivity contribution in [1.82, 2.24) is 14.1 Å². The van der Waals surface area contributed by atoms with Gasteiger partial charge in [0.25, 0.3) is 5.56 Å². The fourth-order valence-electron chi connectivity index (χ4n) is 4.80. The first kappa shape index (κ1) is 24.3. The number of unbranched alkanes of at least 4 members (excludes halogenated alkanes) is 2. The Morgan fingerprint density at radius 1 is 0.919 bits per heavy atom. The first-order valence-electron chi connectivity index (χ1n) is 12.9. The van der Waals surface area contributed by atoms with Gasteiger partial charge in [-0.05, 0) is 54.3 Å². The molecule has 5 rings (SSSR count). The van der Waals surface area contributed by atoms with E-state index in [-0.39, 0.29) is 5.56 Å². The highest BCUT2D eigenvalue weighted by molar-refractivity contribution is 5.76. The zero-order chi connectivity index (χ0) is 25.8. The van der Waals surface area contributed by atoms with Crippen molar-refractivity contribution in [3.63, 3.8) is 0 Å². The van der Waals surface area contributed by atoms with E-state index in [1.165, 1.54) is 0 Å². The molecule has 0 fully saturated rings. The van der Waals surface area contributed by atoms with Crippen molar-refractivity contribution in [3.05, 3.63) is 118 Å². The van der Waals surface area contributed by atoms with E-state index in [4.69, 9.17) is 4.98 Å². The summed E-state index contributed by atoms with van der Waals surface area (Å²) in [4.78, 5) is 18.6. The van der Waals surface area contributed by atoms with Crippen molar-refractivity contribution < 1.29 is 0 Å². The molecule has 5 heteroatoms. The lowest BCUT2D eigenvalue weighted by molar-refractivity contribution is 0.658. The highest BCUT2D eigenvalue weighted by Crippen LogP contribution is 2.25. The Labute approximate surface area is 217 Å². The average Bonchev–Trinajstić information content (AvgIpc) is 3.28. The molecule has 0 radical (unpaired) electrons. The highest BCUT2D eigenvalue weighted by Gasteiger charge is 2.16. The van der Waals surface area contributed by atoms with Crippen LogP contribution in [0.5, 0.6) is 0 Å². The summed E-state index contributed by atoms with van der Waals surface area (Å²) in [5, 5.41) is 9.48. The molecular weight excluding hydrogens is 456 g/mol. The number of nitriles is 1. The second kappa shape index (κ2) is 10.7. The minimum absolute atomic E-state index is 0.0600.